The summed E-state index contributed by atoms with van der Waals surface area (Å²) >= 11 is 0. The van der Waals surface area contributed by atoms with Crippen LogP contribution in [0.15, 0.2) is 0 Å². The van der Waals surface area contributed by atoms with Crippen molar-refractivity contribution in [2.45, 2.75) is 19.3 Å². The van der Waals surface area contributed by atoms with Crippen molar-refractivity contribution in [3.05, 3.63) is 0 Å². The van der Waals surface area contributed by atoms with Gasteiger partial charge in [-0.1, -0.05) is 0 Å². The summed E-state index contributed by atoms with van der Waals surface area (Å²) < 4.78 is 12.1. The summed E-state index contributed by atoms with van der Waals surface area (Å²) in [5.41, 5.74) is 0. The predicted octanol–water partition coefficient (Wildman–Crippen LogP) is 2.41. The Hall–Kier alpha value is 0.230. The molecule has 4 rings (SSSR count). The van der Waals surface area contributed by atoms with E-state index in [2.05, 4.69) is 0 Å². The Morgan fingerprint density at radius 3 is 1.45 bits per heavy atom. The molecule has 0 N–H and O–H groups in total. The van der Waals surface area contributed by atoms with E-state index in [9.17, 15) is 4.57 Å². The van der Waals surface area contributed by atoms with Crippen LogP contribution in [-0.2, 0) is 4.57 Å². The molecule has 0 amide bonds. The van der Waals surface area contributed by atoms with Gasteiger partial charge in [0.15, 0.2) is 0 Å². The fourth-order valence-corrected chi connectivity index (χ4v) is 7.95. The van der Waals surface area contributed by atoms with E-state index in [4.69, 9.17) is 0 Å². The van der Waals surface area contributed by atoms with Gasteiger partial charge in [0.05, 0.1) is 7.14 Å². The Morgan fingerprint density at radius 1 is 0.818 bits per heavy atom. The van der Waals surface area contributed by atoms with Gasteiger partial charge in [0, 0.05) is 18.5 Å². The van der Waals surface area contributed by atoms with Crippen LogP contribution in [0.3, 0.4) is 0 Å². The summed E-state index contributed by atoms with van der Waals surface area (Å²) in [6.07, 6.45) is 7.63. The maximum atomic E-state index is 12.1. The Balaban J connectivity index is 2.00. The number of hydrogen-bond donors (Lipinski definition) is 0. The largest absolute Gasteiger partial charge is 0.324 e. The lowest BCUT2D eigenvalue weighted by molar-refractivity contribution is 0.203. The van der Waals surface area contributed by atoms with Gasteiger partial charge in [-0.25, -0.2) is 0 Å². The van der Waals surface area contributed by atoms with Gasteiger partial charge in [-0.15, -0.1) is 0 Å². The Kier molecular flexibility index (Phi) is 1.18. The third-order valence-corrected chi connectivity index (χ3v) is 7.32. The van der Waals surface area contributed by atoms with Crippen LogP contribution in [0.1, 0.15) is 19.3 Å². The molecule has 1 saturated carbocycles. The Labute approximate surface area is 67.9 Å². The summed E-state index contributed by atoms with van der Waals surface area (Å²) in [4.78, 5) is 0. The molecule has 1 aliphatic carbocycles. The second kappa shape index (κ2) is 1.93. The van der Waals surface area contributed by atoms with E-state index in [0.717, 1.165) is 36.2 Å². The van der Waals surface area contributed by atoms with Gasteiger partial charge < -0.3 is 4.57 Å². The molecule has 0 radical (unpaired) electrons. The van der Waals surface area contributed by atoms with Crippen LogP contribution in [0.4, 0.5) is 0 Å². The standard InChI is InChI=1S/C9H15OP/c10-11-4-7-1-8(5-11)3-9(2-7)6-11/h7-9H,1-6H2. The Bertz CT molecular complexity index is 192. The monoisotopic (exact) mass is 170 g/mol. The van der Waals surface area contributed by atoms with Gasteiger partial charge in [-0.05, 0) is 37.0 Å². The zero-order valence-electron chi connectivity index (χ0n) is 6.83. The summed E-state index contributed by atoms with van der Waals surface area (Å²) in [6, 6.07) is 0. The highest BCUT2D eigenvalue weighted by molar-refractivity contribution is 7.64. The minimum absolute atomic E-state index is 0.882. The molecule has 0 aromatic heterocycles. The smallest absolute Gasteiger partial charge is 0.0885 e. The van der Waals surface area contributed by atoms with Crippen molar-refractivity contribution in [3.63, 3.8) is 0 Å². The maximum absolute atomic E-state index is 12.1. The van der Waals surface area contributed by atoms with Crippen molar-refractivity contribution in [3.8, 4) is 0 Å². The van der Waals surface area contributed by atoms with Crippen LogP contribution in [0, 0.1) is 17.8 Å². The first-order chi connectivity index (χ1) is 5.23. The van der Waals surface area contributed by atoms with Crippen molar-refractivity contribution in [1.82, 2.24) is 0 Å². The first-order valence-corrected chi connectivity index (χ1v) is 7.07. The molecule has 3 saturated heterocycles. The second-order valence-corrected chi connectivity index (χ2v) is 8.12. The molecule has 0 spiro atoms. The average molecular weight is 170 g/mol. The van der Waals surface area contributed by atoms with Crippen molar-refractivity contribution in [2.24, 2.45) is 17.8 Å². The fraction of sp³-hybridized carbons (Fsp3) is 1.00. The van der Waals surface area contributed by atoms with E-state index in [-0.39, 0.29) is 0 Å². The topological polar surface area (TPSA) is 17.1 Å². The second-order valence-electron chi connectivity index (χ2n) is 4.91. The zero-order chi connectivity index (χ0) is 7.47. The van der Waals surface area contributed by atoms with Crippen LogP contribution in [0.5, 0.6) is 0 Å². The van der Waals surface area contributed by atoms with E-state index in [0.29, 0.717) is 0 Å². The van der Waals surface area contributed by atoms with Crippen LogP contribution >= 0.6 is 7.14 Å². The van der Waals surface area contributed by atoms with Gasteiger partial charge in [0.1, 0.15) is 0 Å². The lowest BCUT2D eigenvalue weighted by atomic mass is 9.76. The molecule has 62 valence electrons. The minimum atomic E-state index is -1.57. The highest BCUT2D eigenvalue weighted by Gasteiger charge is 2.47. The minimum Gasteiger partial charge on any atom is -0.324 e. The van der Waals surface area contributed by atoms with E-state index < -0.39 is 7.14 Å². The fourth-order valence-electron chi connectivity index (χ4n) is 3.79. The number of hydrogen-bond acceptors (Lipinski definition) is 1. The molecule has 11 heavy (non-hydrogen) atoms. The first-order valence-electron chi connectivity index (χ1n) is 4.81. The molecule has 4 fully saturated rings. The SMILES string of the molecule is O=P12CC3CC(CC(C3)C1)C2. The van der Waals surface area contributed by atoms with E-state index in [1.54, 1.807) is 0 Å². The van der Waals surface area contributed by atoms with Crippen molar-refractivity contribution < 1.29 is 4.57 Å². The normalized spacial score (nSPS) is 60.2. The third kappa shape index (κ3) is 0.935. The molecule has 0 aromatic carbocycles. The summed E-state index contributed by atoms with van der Waals surface area (Å²) in [6.45, 7) is 0. The molecule has 4 aliphatic rings. The molecule has 4 bridgehead atoms. The summed E-state index contributed by atoms with van der Waals surface area (Å²) in [5, 5.41) is 0. The van der Waals surface area contributed by atoms with Crippen LogP contribution in [0.2, 0.25) is 0 Å². The molecule has 0 atom stereocenters. The lowest BCUT2D eigenvalue weighted by Gasteiger charge is -2.49. The van der Waals surface area contributed by atoms with E-state index >= 15 is 0 Å². The van der Waals surface area contributed by atoms with Gasteiger partial charge in [0.25, 0.3) is 0 Å². The Morgan fingerprint density at radius 2 is 1.18 bits per heavy atom. The third-order valence-electron chi connectivity index (χ3n) is 3.77. The van der Waals surface area contributed by atoms with Crippen LogP contribution in [0.25, 0.3) is 0 Å². The highest BCUT2D eigenvalue weighted by atomic mass is 31.2. The van der Waals surface area contributed by atoms with Crippen molar-refractivity contribution >= 4 is 7.14 Å². The van der Waals surface area contributed by atoms with E-state index in [1.165, 1.54) is 19.3 Å². The van der Waals surface area contributed by atoms with Crippen LogP contribution < -0.4 is 0 Å². The zero-order valence-corrected chi connectivity index (χ0v) is 7.72. The summed E-state index contributed by atoms with van der Waals surface area (Å²) in [7, 11) is -1.57. The number of rotatable bonds is 0. The van der Waals surface area contributed by atoms with Gasteiger partial charge >= 0.3 is 0 Å². The predicted molar refractivity (Wildman–Crippen MR) is 46.5 cm³/mol. The van der Waals surface area contributed by atoms with Gasteiger partial charge in [-0.2, -0.15) is 0 Å². The van der Waals surface area contributed by atoms with Gasteiger partial charge in [0.2, 0.25) is 0 Å². The van der Waals surface area contributed by atoms with Crippen LogP contribution in [-0.4, -0.2) is 18.5 Å². The molecule has 3 heterocycles. The molecular weight excluding hydrogens is 155 g/mol. The van der Waals surface area contributed by atoms with Gasteiger partial charge in [-0.3, -0.25) is 0 Å². The molecule has 3 aliphatic heterocycles. The van der Waals surface area contributed by atoms with Crippen molar-refractivity contribution in [2.75, 3.05) is 18.5 Å². The van der Waals surface area contributed by atoms with Crippen molar-refractivity contribution in [1.29, 1.82) is 0 Å². The lowest BCUT2D eigenvalue weighted by Crippen LogP contribution is -2.40. The maximum Gasteiger partial charge on any atom is 0.0885 e. The summed E-state index contributed by atoms with van der Waals surface area (Å²) in [5.74, 6) is 2.64. The quantitative estimate of drug-likeness (QED) is 0.510. The molecule has 2 heteroatoms. The average Bonchev–Trinajstić information content (AvgIpc) is 1.79. The molecule has 0 unspecified atom stereocenters. The molecular formula is C9H15OP. The van der Waals surface area contributed by atoms with E-state index in [1.807, 2.05) is 0 Å². The highest BCUT2D eigenvalue weighted by Crippen LogP contribution is 2.65. The molecule has 0 aromatic rings. The molecule has 1 nitrogen and oxygen atoms in total. The first kappa shape index (κ1) is 6.71.